The number of para-hydroxylation sites is 1. The van der Waals surface area contributed by atoms with Gasteiger partial charge in [0.1, 0.15) is 0 Å². The molecular formula is C25H23Cl2NTi. The first-order valence-electron chi connectivity index (χ1n) is 9.65. The van der Waals surface area contributed by atoms with E-state index in [9.17, 15) is 0 Å². The zero-order chi connectivity index (χ0) is 18.5. The molecule has 146 valence electrons. The van der Waals surface area contributed by atoms with Gasteiger partial charge in [0.05, 0.1) is 0 Å². The minimum absolute atomic E-state index is 0. The Morgan fingerprint density at radius 2 is 1.66 bits per heavy atom. The maximum absolute atomic E-state index is 2.51. The summed E-state index contributed by atoms with van der Waals surface area (Å²) in [4.78, 5) is 0. The van der Waals surface area contributed by atoms with E-state index in [1.54, 1.807) is 9.45 Å². The van der Waals surface area contributed by atoms with Crippen LogP contribution < -0.4 is 24.8 Å². The van der Waals surface area contributed by atoms with Crippen LogP contribution in [0.2, 0.25) is 0 Å². The first-order valence-corrected chi connectivity index (χ1v) is 11.3. The van der Waals surface area contributed by atoms with Gasteiger partial charge < -0.3 is 24.8 Å². The van der Waals surface area contributed by atoms with Crippen LogP contribution in [-0.2, 0) is 19.2 Å². The molecule has 0 bridgehead atoms. The van der Waals surface area contributed by atoms with Gasteiger partial charge in [0.15, 0.2) is 0 Å². The number of halogens is 2. The third kappa shape index (κ3) is 3.71. The van der Waals surface area contributed by atoms with Gasteiger partial charge in [-0.2, -0.15) is 0 Å². The molecule has 2 aliphatic carbocycles. The second-order valence-corrected chi connectivity index (χ2v) is 9.95. The normalized spacial score (nSPS) is 17.3. The van der Waals surface area contributed by atoms with Crippen molar-refractivity contribution in [2.24, 2.45) is 0 Å². The van der Waals surface area contributed by atoms with E-state index in [1.165, 1.54) is 39.0 Å². The molecule has 1 heterocycles. The van der Waals surface area contributed by atoms with Gasteiger partial charge in [0.2, 0.25) is 0 Å². The van der Waals surface area contributed by atoms with E-state index in [0.717, 1.165) is 6.42 Å². The molecule has 0 saturated carbocycles. The first-order chi connectivity index (χ1) is 13.1. The van der Waals surface area contributed by atoms with Crippen LogP contribution in [-0.4, -0.2) is 4.57 Å². The molecule has 0 aliphatic heterocycles. The van der Waals surface area contributed by atoms with Crippen LogP contribution in [0.25, 0.3) is 22.7 Å². The molecule has 1 aromatic heterocycles. The number of benzene rings is 2. The number of aryl methyl sites for hydroxylation is 1. The van der Waals surface area contributed by atoms with Crippen molar-refractivity contribution >= 4 is 22.7 Å². The Morgan fingerprint density at radius 3 is 2.41 bits per heavy atom. The Labute approximate surface area is 194 Å². The monoisotopic (exact) mass is 455 g/mol. The van der Waals surface area contributed by atoms with E-state index in [-0.39, 0.29) is 44.0 Å². The molecule has 0 N–H and O–H groups in total. The van der Waals surface area contributed by atoms with Crippen LogP contribution >= 0.6 is 0 Å². The minimum Gasteiger partial charge on any atom is -1.00 e. The standard InChI is InChI=1S/C18H14N.C7H9.2ClH.Ti/c1-13-10-16-8-4-5-9-18(16)19(13)17-11-14-6-2-3-7-15(14)12-17;1-6-4-3-5-7(6)2;;;/h2-12H,1H3;4H,3H2,1-2H3;2*1H;/q;;;;+2/p-2. The molecule has 1 nitrogen and oxygen atoms in total. The van der Waals surface area contributed by atoms with E-state index in [0.29, 0.717) is 4.22 Å². The second kappa shape index (κ2) is 8.70. The molecule has 1 unspecified atom stereocenters. The Kier molecular flexibility index (Phi) is 6.65. The summed E-state index contributed by atoms with van der Waals surface area (Å²) in [7, 11) is 0. The van der Waals surface area contributed by atoms with Crippen LogP contribution in [0.3, 0.4) is 0 Å². The number of aromatic nitrogens is 1. The van der Waals surface area contributed by atoms with Crippen LogP contribution in [0.1, 0.15) is 41.3 Å². The van der Waals surface area contributed by atoms with E-state index >= 15 is 0 Å². The molecule has 2 aliphatic rings. The topological polar surface area (TPSA) is 4.93 Å². The molecule has 1 atom stereocenters. The number of rotatable bonds is 3. The molecule has 0 saturated heterocycles. The zero-order valence-electron chi connectivity index (χ0n) is 16.8. The maximum atomic E-state index is 2.51. The van der Waals surface area contributed by atoms with Crippen LogP contribution in [0.4, 0.5) is 0 Å². The number of hydrogen-bond donors (Lipinski definition) is 0. The molecule has 3 aromatic rings. The van der Waals surface area contributed by atoms with Crippen LogP contribution in [0.5, 0.6) is 0 Å². The third-order valence-electron chi connectivity index (χ3n) is 6.03. The molecule has 0 spiro atoms. The van der Waals surface area contributed by atoms with Gasteiger partial charge in [-0.15, -0.1) is 0 Å². The van der Waals surface area contributed by atoms with Crippen LogP contribution in [0.15, 0.2) is 75.7 Å². The molecule has 29 heavy (non-hydrogen) atoms. The Hall–Kier alpha value is -1.51. The van der Waals surface area contributed by atoms with Gasteiger partial charge in [-0.3, -0.25) is 0 Å². The number of nitrogens with zero attached hydrogens (tertiary/aromatic N) is 1. The summed E-state index contributed by atoms with van der Waals surface area (Å²) < 4.78 is 4.77. The summed E-state index contributed by atoms with van der Waals surface area (Å²) >= 11 is -0.283. The van der Waals surface area contributed by atoms with Gasteiger partial charge in [-0.05, 0) is 0 Å². The summed E-state index contributed by atoms with van der Waals surface area (Å²) in [5.74, 6) is 0. The maximum Gasteiger partial charge on any atom is -1.00 e. The fraction of sp³-hybridized carbons (Fsp3) is 0.200. The smallest absolute Gasteiger partial charge is 1.00 e. The van der Waals surface area contributed by atoms with E-state index < -0.39 is 0 Å². The van der Waals surface area contributed by atoms with E-state index in [1.807, 2.05) is 0 Å². The fourth-order valence-corrected chi connectivity index (χ4v) is 7.18. The summed E-state index contributed by atoms with van der Waals surface area (Å²) in [6, 6.07) is 20.1. The van der Waals surface area contributed by atoms with Crippen molar-refractivity contribution in [2.75, 3.05) is 0 Å². The summed E-state index contributed by atoms with van der Waals surface area (Å²) in [6.07, 6.45) is 6.01. The molecule has 5 rings (SSSR count). The SMILES string of the molecule is CC1=CC[C]([Ti+2][CH]2C(n3c(C)cc4ccccc43)=Cc3ccccc32)=C1C.[Cl-].[Cl-]. The van der Waals surface area contributed by atoms with Crippen molar-refractivity contribution in [1.29, 1.82) is 0 Å². The van der Waals surface area contributed by atoms with Crippen molar-refractivity contribution in [2.45, 2.75) is 31.4 Å². The van der Waals surface area contributed by atoms with Crippen molar-refractivity contribution in [3.63, 3.8) is 0 Å². The summed E-state index contributed by atoms with van der Waals surface area (Å²) in [5, 5.41) is 1.33. The zero-order valence-corrected chi connectivity index (χ0v) is 19.9. The third-order valence-corrected chi connectivity index (χ3v) is 8.88. The van der Waals surface area contributed by atoms with Gasteiger partial charge >= 0.3 is 170 Å². The molecule has 0 radical (unpaired) electrons. The average molecular weight is 456 g/mol. The summed E-state index contributed by atoms with van der Waals surface area (Å²) in [6.45, 7) is 6.82. The van der Waals surface area contributed by atoms with Gasteiger partial charge in [0, 0.05) is 0 Å². The predicted octanol–water partition coefficient (Wildman–Crippen LogP) is 0.717. The molecule has 2 aromatic carbocycles. The van der Waals surface area contributed by atoms with Crippen molar-refractivity contribution in [3.05, 3.63) is 92.5 Å². The van der Waals surface area contributed by atoms with Crippen molar-refractivity contribution < 1.29 is 44.0 Å². The fourth-order valence-electron chi connectivity index (χ4n) is 4.43. The Morgan fingerprint density at radius 1 is 0.931 bits per heavy atom. The van der Waals surface area contributed by atoms with Crippen molar-refractivity contribution in [1.82, 2.24) is 4.57 Å². The minimum atomic E-state index is -0.283. The Bertz CT molecular complexity index is 1170. The average Bonchev–Trinajstić information content (AvgIpc) is 3.30. The number of allylic oxidation sites excluding steroid dienone is 5. The predicted molar refractivity (Wildman–Crippen MR) is 111 cm³/mol. The molecule has 0 amide bonds. The largest absolute Gasteiger partial charge is 1.00 e. The van der Waals surface area contributed by atoms with E-state index in [2.05, 4.69) is 92.1 Å². The van der Waals surface area contributed by atoms with Crippen LogP contribution in [0, 0.1) is 6.92 Å². The van der Waals surface area contributed by atoms with E-state index in [4.69, 9.17) is 0 Å². The second-order valence-electron chi connectivity index (χ2n) is 7.65. The number of fused-ring (bicyclic) bond motifs is 2. The van der Waals surface area contributed by atoms with Crippen molar-refractivity contribution in [3.8, 4) is 0 Å². The summed E-state index contributed by atoms with van der Waals surface area (Å²) in [5.41, 5.74) is 10.1. The molecule has 4 heteroatoms. The quantitative estimate of drug-likeness (QED) is 0.513. The van der Waals surface area contributed by atoms with Gasteiger partial charge in [0.25, 0.3) is 0 Å². The van der Waals surface area contributed by atoms with Gasteiger partial charge in [-0.1, -0.05) is 0 Å². The van der Waals surface area contributed by atoms with Gasteiger partial charge in [-0.25, -0.2) is 0 Å². The first kappa shape index (κ1) is 22.2. The number of hydrogen-bond acceptors (Lipinski definition) is 0. The molecular weight excluding hydrogens is 433 g/mol. The Balaban J connectivity index is 0.00000120. The molecule has 0 fully saturated rings.